The normalized spacial score (nSPS) is 11.2. The molecule has 8 heteroatoms. The molecule has 0 aliphatic carbocycles. The number of carbonyl (C=O) groups is 1. The molecule has 7 nitrogen and oxygen atoms in total. The average molecular weight is 475 g/mol. The van der Waals surface area contributed by atoms with E-state index in [1.165, 1.54) is 23.9 Å². The van der Waals surface area contributed by atoms with Gasteiger partial charge in [0.2, 0.25) is 0 Å². The molecule has 34 heavy (non-hydrogen) atoms. The van der Waals surface area contributed by atoms with Crippen LogP contribution >= 0.6 is 0 Å². The van der Waals surface area contributed by atoms with Gasteiger partial charge in [-0.3, -0.25) is 4.79 Å². The van der Waals surface area contributed by atoms with Gasteiger partial charge in [0, 0.05) is 11.8 Å². The number of rotatable bonds is 6. The molecular weight excluding hydrogens is 452 g/mol. The Morgan fingerprint density at radius 1 is 0.912 bits per heavy atom. The van der Waals surface area contributed by atoms with E-state index < -0.39 is 15.8 Å². The molecular formula is C26H22N2O5S. The molecule has 0 bridgehead atoms. The third kappa shape index (κ3) is 4.82. The quantitative estimate of drug-likeness (QED) is 0.394. The van der Waals surface area contributed by atoms with Crippen molar-refractivity contribution in [2.24, 2.45) is 0 Å². The fraction of sp³-hybridized carbons (Fsp3) is 0.115. The van der Waals surface area contributed by atoms with Crippen molar-refractivity contribution >= 4 is 15.8 Å². The molecule has 1 aromatic heterocycles. The second kappa shape index (κ2) is 9.44. The summed E-state index contributed by atoms with van der Waals surface area (Å²) in [5.41, 5.74) is 3.42. The maximum atomic E-state index is 13.5. The summed E-state index contributed by atoms with van der Waals surface area (Å²) in [5, 5.41) is 4.38. The van der Waals surface area contributed by atoms with Gasteiger partial charge in [0.05, 0.1) is 35.9 Å². The number of carbonyl (C=O) groups excluding carboxylic acids is 1. The number of sulfone groups is 1. The van der Waals surface area contributed by atoms with Gasteiger partial charge in [-0.25, -0.2) is 17.9 Å². The van der Waals surface area contributed by atoms with Gasteiger partial charge in [0.1, 0.15) is 0 Å². The molecule has 0 saturated heterocycles. The third-order valence-corrected chi connectivity index (χ3v) is 6.54. The fourth-order valence-electron chi connectivity index (χ4n) is 3.62. The molecule has 0 saturated carbocycles. The van der Waals surface area contributed by atoms with E-state index in [4.69, 9.17) is 4.74 Å². The molecule has 0 aliphatic heterocycles. The lowest BCUT2D eigenvalue weighted by molar-refractivity contribution is 0.0600. The lowest BCUT2D eigenvalue weighted by atomic mass is 9.97. The van der Waals surface area contributed by atoms with Gasteiger partial charge in [-0.05, 0) is 41.0 Å². The van der Waals surface area contributed by atoms with Crippen LogP contribution in [-0.4, -0.2) is 37.5 Å². The Morgan fingerprint density at radius 3 is 2.15 bits per heavy atom. The van der Waals surface area contributed by atoms with Crippen LogP contribution in [0.5, 0.6) is 0 Å². The van der Waals surface area contributed by atoms with Crippen LogP contribution in [0.2, 0.25) is 0 Å². The smallest absolute Gasteiger partial charge is 0.337 e. The van der Waals surface area contributed by atoms with Crippen molar-refractivity contribution in [3.8, 4) is 22.3 Å². The van der Waals surface area contributed by atoms with Crippen molar-refractivity contribution < 1.29 is 17.9 Å². The zero-order chi connectivity index (χ0) is 24.3. The van der Waals surface area contributed by atoms with Crippen LogP contribution in [0.4, 0.5) is 0 Å². The largest absolute Gasteiger partial charge is 0.465 e. The predicted octanol–water partition coefficient (Wildman–Crippen LogP) is 3.82. The summed E-state index contributed by atoms with van der Waals surface area (Å²) < 4.78 is 29.7. The Balaban J connectivity index is 1.78. The second-order valence-corrected chi connectivity index (χ2v) is 9.76. The van der Waals surface area contributed by atoms with E-state index in [0.29, 0.717) is 22.3 Å². The maximum Gasteiger partial charge on any atom is 0.337 e. The van der Waals surface area contributed by atoms with Crippen LogP contribution in [0, 0.1) is 0 Å². The summed E-state index contributed by atoms with van der Waals surface area (Å²) in [6.07, 6.45) is 2.76. The van der Waals surface area contributed by atoms with Gasteiger partial charge < -0.3 is 4.74 Å². The molecule has 3 aromatic carbocycles. The first kappa shape index (κ1) is 23.1. The second-order valence-electron chi connectivity index (χ2n) is 7.75. The first-order valence-corrected chi connectivity index (χ1v) is 12.3. The molecule has 172 valence electrons. The molecule has 4 aromatic rings. The number of hydrogen-bond donors (Lipinski definition) is 0. The minimum atomic E-state index is -3.33. The summed E-state index contributed by atoms with van der Waals surface area (Å²) in [5.74, 6) is -0.431. The number of hydrogen-bond acceptors (Lipinski definition) is 6. The molecule has 0 spiro atoms. The van der Waals surface area contributed by atoms with Gasteiger partial charge in [-0.1, -0.05) is 54.6 Å². The van der Waals surface area contributed by atoms with Crippen molar-refractivity contribution in [1.29, 1.82) is 0 Å². The molecule has 0 N–H and O–H groups in total. The number of ether oxygens (including phenoxy) is 1. The van der Waals surface area contributed by atoms with Crippen LogP contribution < -0.4 is 5.56 Å². The van der Waals surface area contributed by atoms with Crippen LogP contribution in [0.25, 0.3) is 22.3 Å². The Hall–Kier alpha value is -4.04. The van der Waals surface area contributed by atoms with E-state index in [1.54, 1.807) is 42.6 Å². The number of esters is 1. The summed E-state index contributed by atoms with van der Waals surface area (Å²) in [6, 6.07) is 22.4. The highest BCUT2D eigenvalue weighted by Gasteiger charge is 2.16. The fourth-order valence-corrected chi connectivity index (χ4v) is 4.25. The lowest BCUT2D eigenvalue weighted by Crippen LogP contribution is -2.25. The van der Waals surface area contributed by atoms with E-state index in [0.717, 1.165) is 17.4 Å². The monoisotopic (exact) mass is 474 g/mol. The predicted molar refractivity (Wildman–Crippen MR) is 129 cm³/mol. The molecule has 0 fully saturated rings. The number of methoxy groups -OCH3 is 1. The van der Waals surface area contributed by atoms with Crippen LogP contribution in [0.3, 0.4) is 0 Å². The average Bonchev–Trinajstić information content (AvgIpc) is 2.85. The van der Waals surface area contributed by atoms with Crippen molar-refractivity contribution in [2.45, 2.75) is 11.4 Å². The molecule has 0 amide bonds. The van der Waals surface area contributed by atoms with Gasteiger partial charge in [-0.15, -0.1) is 0 Å². The Labute approximate surface area is 197 Å². The zero-order valence-electron chi connectivity index (χ0n) is 18.6. The van der Waals surface area contributed by atoms with Crippen LogP contribution in [-0.2, 0) is 21.1 Å². The van der Waals surface area contributed by atoms with Crippen LogP contribution in [0.15, 0.2) is 94.7 Å². The van der Waals surface area contributed by atoms with E-state index in [9.17, 15) is 18.0 Å². The highest BCUT2D eigenvalue weighted by atomic mass is 32.2. The molecule has 0 aliphatic rings. The molecule has 0 atom stereocenters. The molecule has 0 unspecified atom stereocenters. The van der Waals surface area contributed by atoms with Gasteiger partial charge in [-0.2, -0.15) is 5.10 Å². The summed E-state index contributed by atoms with van der Waals surface area (Å²) >= 11 is 0. The van der Waals surface area contributed by atoms with Crippen molar-refractivity contribution in [2.75, 3.05) is 13.4 Å². The van der Waals surface area contributed by atoms with E-state index in [2.05, 4.69) is 5.10 Å². The number of aromatic nitrogens is 2. The van der Waals surface area contributed by atoms with Crippen molar-refractivity contribution in [3.63, 3.8) is 0 Å². The minimum absolute atomic E-state index is 0.203. The molecule has 4 rings (SSSR count). The van der Waals surface area contributed by atoms with Crippen molar-refractivity contribution in [3.05, 3.63) is 107 Å². The Kier molecular flexibility index (Phi) is 6.43. The number of nitrogens with zero attached hydrogens (tertiary/aromatic N) is 2. The van der Waals surface area contributed by atoms with Crippen LogP contribution in [0.1, 0.15) is 15.9 Å². The van der Waals surface area contributed by atoms with E-state index in [1.807, 2.05) is 30.3 Å². The molecule has 1 heterocycles. The van der Waals surface area contributed by atoms with Gasteiger partial charge in [0.25, 0.3) is 5.56 Å². The van der Waals surface area contributed by atoms with E-state index in [-0.39, 0.29) is 17.0 Å². The van der Waals surface area contributed by atoms with Gasteiger partial charge in [0.15, 0.2) is 9.84 Å². The van der Waals surface area contributed by atoms with E-state index >= 15 is 0 Å². The summed E-state index contributed by atoms with van der Waals surface area (Å²) in [7, 11) is -2.01. The summed E-state index contributed by atoms with van der Waals surface area (Å²) in [4.78, 5) is 25.4. The maximum absolute atomic E-state index is 13.5. The highest BCUT2D eigenvalue weighted by Crippen LogP contribution is 2.29. The highest BCUT2D eigenvalue weighted by molar-refractivity contribution is 7.90. The first-order chi connectivity index (χ1) is 16.3. The number of benzene rings is 3. The van der Waals surface area contributed by atoms with Crippen molar-refractivity contribution in [1.82, 2.24) is 9.78 Å². The summed E-state index contributed by atoms with van der Waals surface area (Å²) in [6.45, 7) is 0.216. The topological polar surface area (TPSA) is 95.3 Å². The zero-order valence-corrected chi connectivity index (χ0v) is 19.5. The third-order valence-electron chi connectivity index (χ3n) is 5.41. The Bertz CT molecular complexity index is 1490. The first-order valence-electron chi connectivity index (χ1n) is 10.4. The van der Waals surface area contributed by atoms with Gasteiger partial charge >= 0.3 is 5.97 Å². The standard InChI is InChI=1S/C26H22N2O5S/c1-33-26(30)21-10-8-18(9-11-21)17-28-25(29)24(20-6-4-3-5-7-20)23(16-27-28)19-12-14-22(15-13-19)34(2,31)32/h3-16H,17H2,1-2H3. The SMILES string of the molecule is COC(=O)c1ccc(Cn2ncc(-c3ccc(S(C)(=O)=O)cc3)c(-c3ccccc3)c2=O)cc1. The molecule has 0 radical (unpaired) electrons. The minimum Gasteiger partial charge on any atom is -0.465 e. The lowest BCUT2D eigenvalue weighted by Gasteiger charge is -2.13. The Morgan fingerprint density at radius 2 is 1.56 bits per heavy atom.